The average molecular weight is 376 g/mol. The molecule has 8 heteroatoms. The van der Waals surface area contributed by atoms with Crippen LogP contribution < -0.4 is 10.2 Å². The molecule has 138 valence electrons. The van der Waals surface area contributed by atoms with Gasteiger partial charge in [-0.25, -0.2) is 9.78 Å². The minimum absolute atomic E-state index is 0.0644. The van der Waals surface area contributed by atoms with E-state index in [9.17, 15) is 4.79 Å². The largest absolute Gasteiger partial charge is 0.462 e. The standard InChI is InChI=1S/C18H22ClN5O2/c1-3-26-17(25)15-12-20-18(19)22-16(15)21-13-4-6-14(7-5-13)24-10-8-23(2)9-11-24/h4-7,12H,3,8-11H2,1-2H3,(H,20,21,22). The third-order valence-corrected chi connectivity index (χ3v) is 4.44. The highest BCUT2D eigenvalue weighted by atomic mass is 35.5. The first-order chi connectivity index (χ1) is 12.6. The maximum atomic E-state index is 12.1. The first-order valence-electron chi connectivity index (χ1n) is 8.57. The maximum absolute atomic E-state index is 12.1. The number of anilines is 3. The SMILES string of the molecule is CCOC(=O)c1cnc(Cl)nc1Nc1ccc(N2CCN(C)CC2)cc1. The molecule has 0 bridgehead atoms. The monoisotopic (exact) mass is 375 g/mol. The predicted octanol–water partition coefficient (Wildman–Crippen LogP) is 2.80. The normalized spacial score (nSPS) is 15.0. The fraction of sp³-hybridized carbons (Fsp3) is 0.389. The number of aromatic nitrogens is 2. The van der Waals surface area contributed by atoms with Crippen LogP contribution in [-0.4, -0.2) is 60.7 Å². The van der Waals surface area contributed by atoms with Crippen LogP contribution in [0, 0.1) is 0 Å². The third-order valence-electron chi connectivity index (χ3n) is 4.25. The summed E-state index contributed by atoms with van der Waals surface area (Å²) >= 11 is 5.88. The van der Waals surface area contributed by atoms with Crippen LogP contribution >= 0.6 is 11.6 Å². The van der Waals surface area contributed by atoms with E-state index in [4.69, 9.17) is 16.3 Å². The minimum Gasteiger partial charge on any atom is -0.462 e. The summed E-state index contributed by atoms with van der Waals surface area (Å²) in [6.07, 6.45) is 1.37. The van der Waals surface area contributed by atoms with Crippen molar-refractivity contribution in [2.45, 2.75) is 6.92 Å². The molecule has 0 atom stereocenters. The third kappa shape index (κ3) is 4.42. The van der Waals surface area contributed by atoms with Gasteiger partial charge < -0.3 is 19.9 Å². The number of carbonyl (C=O) groups is 1. The van der Waals surface area contributed by atoms with Crippen molar-refractivity contribution < 1.29 is 9.53 Å². The second-order valence-corrected chi connectivity index (χ2v) is 6.42. The lowest BCUT2D eigenvalue weighted by Gasteiger charge is -2.34. The van der Waals surface area contributed by atoms with E-state index in [0.29, 0.717) is 5.82 Å². The Balaban J connectivity index is 1.75. The number of ether oxygens (including phenoxy) is 1. The molecule has 7 nitrogen and oxygen atoms in total. The van der Waals surface area contributed by atoms with Crippen molar-refractivity contribution in [1.29, 1.82) is 0 Å². The van der Waals surface area contributed by atoms with Crippen LogP contribution in [0.25, 0.3) is 0 Å². The first-order valence-corrected chi connectivity index (χ1v) is 8.95. The Bertz CT molecular complexity index is 761. The fourth-order valence-corrected chi connectivity index (χ4v) is 2.90. The molecule has 0 radical (unpaired) electrons. The van der Waals surface area contributed by atoms with Gasteiger partial charge in [-0.15, -0.1) is 0 Å². The summed E-state index contributed by atoms with van der Waals surface area (Å²) in [6, 6.07) is 8.03. The van der Waals surface area contributed by atoms with Gasteiger partial charge in [0.1, 0.15) is 11.4 Å². The first kappa shape index (κ1) is 18.4. The van der Waals surface area contributed by atoms with Gasteiger partial charge in [-0.1, -0.05) is 0 Å². The van der Waals surface area contributed by atoms with E-state index in [0.717, 1.165) is 31.9 Å². The van der Waals surface area contributed by atoms with Crippen LogP contribution in [0.15, 0.2) is 30.5 Å². The minimum atomic E-state index is -0.485. The summed E-state index contributed by atoms with van der Waals surface area (Å²) in [5.74, 6) is -0.156. The van der Waals surface area contributed by atoms with Crippen molar-refractivity contribution in [3.8, 4) is 0 Å². The number of carbonyl (C=O) groups excluding carboxylic acids is 1. The van der Waals surface area contributed by atoms with E-state index in [1.165, 1.54) is 11.9 Å². The van der Waals surface area contributed by atoms with Gasteiger partial charge in [0, 0.05) is 43.8 Å². The van der Waals surface area contributed by atoms with Crippen molar-refractivity contribution in [3.05, 3.63) is 41.3 Å². The Labute approximate surface area is 157 Å². The predicted molar refractivity (Wildman–Crippen MR) is 102 cm³/mol. The highest BCUT2D eigenvalue weighted by Gasteiger charge is 2.17. The number of halogens is 1. The highest BCUT2D eigenvalue weighted by Crippen LogP contribution is 2.24. The fourth-order valence-electron chi connectivity index (χ4n) is 2.77. The van der Waals surface area contributed by atoms with Crippen molar-refractivity contribution in [1.82, 2.24) is 14.9 Å². The summed E-state index contributed by atoms with van der Waals surface area (Å²) < 4.78 is 5.04. The second kappa shape index (κ2) is 8.33. The van der Waals surface area contributed by atoms with E-state index in [-0.39, 0.29) is 17.5 Å². The smallest absolute Gasteiger partial charge is 0.343 e. The summed E-state index contributed by atoms with van der Waals surface area (Å²) in [5.41, 5.74) is 2.23. The molecule has 0 unspecified atom stereocenters. The van der Waals surface area contributed by atoms with Gasteiger partial charge >= 0.3 is 5.97 Å². The molecule has 0 aliphatic carbocycles. The number of esters is 1. The molecule has 1 fully saturated rings. The average Bonchev–Trinajstić information content (AvgIpc) is 2.63. The second-order valence-electron chi connectivity index (χ2n) is 6.08. The molecular formula is C18H22ClN5O2. The van der Waals surface area contributed by atoms with Gasteiger partial charge in [-0.3, -0.25) is 0 Å². The van der Waals surface area contributed by atoms with E-state index < -0.39 is 5.97 Å². The number of rotatable bonds is 5. The molecule has 3 rings (SSSR count). The number of piperazine rings is 1. The molecule has 2 heterocycles. The van der Waals surface area contributed by atoms with Crippen LogP contribution in [0.3, 0.4) is 0 Å². The van der Waals surface area contributed by atoms with E-state index in [1.54, 1.807) is 6.92 Å². The molecule has 1 saturated heterocycles. The molecular weight excluding hydrogens is 354 g/mol. The topological polar surface area (TPSA) is 70.6 Å². The van der Waals surface area contributed by atoms with Gasteiger partial charge in [0.2, 0.25) is 5.28 Å². The number of hydrogen-bond acceptors (Lipinski definition) is 7. The van der Waals surface area contributed by atoms with Crippen molar-refractivity contribution >= 4 is 34.8 Å². The molecule has 1 aromatic heterocycles. The van der Waals surface area contributed by atoms with Crippen LogP contribution in [0.2, 0.25) is 5.28 Å². The Morgan fingerprint density at radius 1 is 1.23 bits per heavy atom. The summed E-state index contributed by atoms with van der Waals surface area (Å²) in [7, 11) is 2.14. The zero-order valence-electron chi connectivity index (χ0n) is 14.9. The van der Waals surface area contributed by atoms with Crippen molar-refractivity contribution in [2.75, 3.05) is 50.1 Å². The lowest BCUT2D eigenvalue weighted by molar-refractivity contribution is 0.0526. The van der Waals surface area contributed by atoms with Crippen LogP contribution in [0.4, 0.5) is 17.2 Å². The number of hydrogen-bond donors (Lipinski definition) is 1. The Morgan fingerprint density at radius 3 is 2.58 bits per heavy atom. The number of likely N-dealkylation sites (N-methyl/N-ethyl adjacent to an activating group) is 1. The van der Waals surface area contributed by atoms with Gasteiger partial charge in [-0.05, 0) is 49.8 Å². The lowest BCUT2D eigenvalue weighted by atomic mass is 10.2. The number of benzene rings is 1. The van der Waals surface area contributed by atoms with Crippen molar-refractivity contribution in [2.24, 2.45) is 0 Å². The van der Waals surface area contributed by atoms with Gasteiger partial charge in [0.15, 0.2) is 0 Å². The summed E-state index contributed by atoms with van der Waals surface area (Å²) in [5, 5.41) is 3.19. The van der Waals surface area contributed by atoms with E-state index >= 15 is 0 Å². The van der Waals surface area contributed by atoms with Crippen LogP contribution in [0.1, 0.15) is 17.3 Å². The molecule has 0 amide bonds. The molecule has 0 spiro atoms. The zero-order valence-corrected chi connectivity index (χ0v) is 15.7. The number of nitrogens with one attached hydrogen (secondary N) is 1. The van der Waals surface area contributed by atoms with Gasteiger partial charge in [0.05, 0.1) is 6.61 Å². The van der Waals surface area contributed by atoms with Crippen LogP contribution in [0.5, 0.6) is 0 Å². The maximum Gasteiger partial charge on any atom is 0.343 e. The van der Waals surface area contributed by atoms with Gasteiger partial charge in [-0.2, -0.15) is 4.98 Å². The van der Waals surface area contributed by atoms with Crippen molar-refractivity contribution in [3.63, 3.8) is 0 Å². The molecule has 1 aliphatic rings. The summed E-state index contributed by atoms with van der Waals surface area (Å²) in [6.45, 7) is 6.17. The Kier molecular flexibility index (Phi) is 5.90. The molecule has 1 N–H and O–H groups in total. The summed E-state index contributed by atoms with van der Waals surface area (Å²) in [4.78, 5) is 24.7. The Hall–Kier alpha value is -2.38. The molecule has 26 heavy (non-hydrogen) atoms. The molecule has 2 aromatic rings. The molecule has 1 aromatic carbocycles. The van der Waals surface area contributed by atoms with E-state index in [2.05, 4.69) is 44.3 Å². The Morgan fingerprint density at radius 2 is 1.92 bits per heavy atom. The lowest BCUT2D eigenvalue weighted by Crippen LogP contribution is -2.44. The van der Waals surface area contributed by atoms with Gasteiger partial charge in [0.25, 0.3) is 0 Å². The quantitative estimate of drug-likeness (QED) is 0.636. The van der Waals surface area contributed by atoms with Crippen LogP contribution in [-0.2, 0) is 4.74 Å². The zero-order chi connectivity index (χ0) is 18.5. The van der Waals surface area contributed by atoms with E-state index in [1.807, 2.05) is 12.1 Å². The highest BCUT2D eigenvalue weighted by molar-refractivity contribution is 6.28. The molecule has 1 aliphatic heterocycles. The number of nitrogens with zero attached hydrogens (tertiary/aromatic N) is 4. The molecule has 0 saturated carbocycles.